The Hall–Kier alpha value is -3.16. The summed E-state index contributed by atoms with van der Waals surface area (Å²) >= 11 is 5.90. The van der Waals surface area contributed by atoms with Crippen molar-refractivity contribution in [1.82, 2.24) is 8.54 Å². The first kappa shape index (κ1) is 19.2. The third-order valence-corrected chi connectivity index (χ3v) is 6.52. The lowest BCUT2D eigenvalue weighted by molar-refractivity contribution is 0.584. The van der Waals surface area contributed by atoms with Crippen LogP contribution >= 0.6 is 11.6 Å². The minimum absolute atomic E-state index is 0.0216. The van der Waals surface area contributed by atoms with Crippen molar-refractivity contribution in [1.29, 1.82) is 0 Å². The Morgan fingerprint density at radius 3 is 2.10 bits per heavy atom. The number of hydrogen-bond acceptors (Lipinski definition) is 4. The molecule has 0 aliphatic rings. The van der Waals surface area contributed by atoms with E-state index >= 15 is 0 Å². The number of fused-ring (bicyclic) bond motifs is 1. The number of benzene rings is 3. The first-order chi connectivity index (χ1) is 13.8. The fraction of sp³-hybridized carbons (Fsp3) is 0.0476. The molecule has 8 heteroatoms. The van der Waals surface area contributed by atoms with Gasteiger partial charge in [0.05, 0.1) is 21.5 Å². The molecule has 0 spiro atoms. The smallest absolute Gasteiger partial charge is 0.268 e. The average molecular weight is 427 g/mol. The van der Waals surface area contributed by atoms with Crippen LogP contribution in [0.15, 0.2) is 87.3 Å². The summed E-state index contributed by atoms with van der Waals surface area (Å²) < 4.78 is 28.2. The van der Waals surface area contributed by atoms with Crippen LogP contribution in [0.25, 0.3) is 16.6 Å². The molecule has 3 aromatic carbocycles. The summed E-state index contributed by atoms with van der Waals surface area (Å²) in [5, 5.41) is 0.535. The number of aryl methyl sites for hydroxylation is 1. The maximum absolute atomic E-state index is 13.4. The van der Waals surface area contributed by atoms with Crippen molar-refractivity contribution in [2.75, 3.05) is 0 Å². The van der Waals surface area contributed by atoms with Gasteiger partial charge in [-0.05, 0) is 55.5 Å². The average Bonchev–Trinajstić information content (AvgIpc) is 2.70. The number of para-hydroxylation sites is 1. The van der Waals surface area contributed by atoms with Gasteiger partial charge in [-0.2, -0.15) is 3.97 Å². The Labute approximate surface area is 171 Å². The van der Waals surface area contributed by atoms with E-state index in [2.05, 4.69) is 0 Å². The first-order valence-electron chi connectivity index (χ1n) is 8.66. The Balaban J connectivity index is 2.14. The molecule has 0 saturated carbocycles. The minimum Gasteiger partial charge on any atom is -0.268 e. The van der Waals surface area contributed by atoms with E-state index in [1.807, 2.05) is 6.92 Å². The second-order valence-electron chi connectivity index (χ2n) is 6.50. The van der Waals surface area contributed by atoms with E-state index < -0.39 is 21.3 Å². The van der Waals surface area contributed by atoms with E-state index in [0.717, 1.165) is 10.1 Å². The molecule has 0 atom stereocenters. The van der Waals surface area contributed by atoms with Crippen molar-refractivity contribution in [2.45, 2.75) is 11.8 Å². The van der Waals surface area contributed by atoms with Crippen LogP contribution in [-0.4, -0.2) is 17.0 Å². The Morgan fingerprint density at radius 2 is 1.45 bits per heavy atom. The molecule has 1 heterocycles. The van der Waals surface area contributed by atoms with E-state index in [4.69, 9.17) is 11.6 Å². The zero-order valence-corrected chi connectivity index (χ0v) is 16.8. The molecule has 0 fully saturated rings. The standard InChI is InChI=1S/C21H15ClN2O4S/c1-14-6-12-17(13-7-14)29(27,28)24-19-5-3-2-4-18(19)20(25)23(21(24)26)16-10-8-15(22)9-11-16/h2-13H,1H3. The number of rotatable bonds is 3. The largest absolute Gasteiger partial charge is 0.350 e. The molecule has 1 aromatic heterocycles. The van der Waals surface area contributed by atoms with E-state index in [9.17, 15) is 18.0 Å². The highest BCUT2D eigenvalue weighted by Gasteiger charge is 2.25. The number of halogens is 1. The van der Waals surface area contributed by atoms with Crippen LogP contribution < -0.4 is 11.2 Å². The van der Waals surface area contributed by atoms with Gasteiger partial charge in [-0.15, -0.1) is 0 Å². The molecular formula is C21H15ClN2O4S. The normalized spacial score (nSPS) is 11.7. The molecule has 146 valence electrons. The molecule has 0 aliphatic heterocycles. The van der Waals surface area contributed by atoms with Gasteiger partial charge >= 0.3 is 5.69 Å². The van der Waals surface area contributed by atoms with Crippen molar-refractivity contribution in [3.05, 3.63) is 104 Å². The molecular weight excluding hydrogens is 412 g/mol. The number of hydrogen-bond donors (Lipinski definition) is 0. The molecule has 0 saturated heterocycles. The fourth-order valence-electron chi connectivity index (χ4n) is 3.10. The number of nitrogens with zero attached hydrogens (tertiary/aromatic N) is 2. The van der Waals surface area contributed by atoms with Gasteiger partial charge < -0.3 is 0 Å². The van der Waals surface area contributed by atoms with Gasteiger partial charge in [0.25, 0.3) is 15.6 Å². The fourth-order valence-corrected chi connectivity index (χ4v) is 4.62. The quantitative estimate of drug-likeness (QED) is 0.503. The topological polar surface area (TPSA) is 78.1 Å². The zero-order valence-electron chi connectivity index (χ0n) is 15.2. The number of aromatic nitrogens is 2. The minimum atomic E-state index is -4.25. The van der Waals surface area contributed by atoms with Crippen LogP contribution in [0.4, 0.5) is 0 Å². The summed E-state index contributed by atoms with van der Waals surface area (Å²) in [6.45, 7) is 1.83. The molecule has 0 N–H and O–H groups in total. The Bertz CT molecular complexity index is 1450. The lowest BCUT2D eigenvalue weighted by Gasteiger charge is -2.14. The molecule has 4 aromatic rings. The zero-order chi connectivity index (χ0) is 20.8. The summed E-state index contributed by atoms with van der Waals surface area (Å²) in [7, 11) is -4.25. The molecule has 6 nitrogen and oxygen atoms in total. The summed E-state index contributed by atoms with van der Waals surface area (Å²) in [5.41, 5.74) is -0.455. The van der Waals surface area contributed by atoms with Gasteiger partial charge in [0.1, 0.15) is 0 Å². The summed E-state index contributed by atoms with van der Waals surface area (Å²) in [5.74, 6) is 0. The van der Waals surface area contributed by atoms with Crippen LogP contribution in [0.3, 0.4) is 0 Å². The monoisotopic (exact) mass is 426 g/mol. The first-order valence-corrected chi connectivity index (χ1v) is 10.5. The van der Waals surface area contributed by atoms with Crippen molar-refractivity contribution in [3.63, 3.8) is 0 Å². The molecule has 4 rings (SSSR count). The van der Waals surface area contributed by atoms with E-state index in [-0.39, 0.29) is 21.5 Å². The van der Waals surface area contributed by atoms with Crippen LogP contribution in [0.1, 0.15) is 5.56 Å². The van der Waals surface area contributed by atoms with Crippen LogP contribution in [-0.2, 0) is 10.0 Å². The lowest BCUT2D eigenvalue weighted by Crippen LogP contribution is -2.41. The van der Waals surface area contributed by atoms with Crippen LogP contribution in [0, 0.1) is 6.92 Å². The van der Waals surface area contributed by atoms with Gasteiger partial charge in [-0.25, -0.2) is 17.8 Å². The molecule has 29 heavy (non-hydrogen) atoms. The molecule has 0 unspecified atom stereocenters. The van der Waals surface area contributed by atoms with Crippen LogP contribution in [0.2, 0.25) is 5.02 Å². The molecule has 0 amide bonds. The second kappa shape index (κ2) is 7.02. The van der Waals surface area contributed by atoms with Gasteiger partial charge in [0.15, 0.2) is 0 Å². The third-order valence-electron chi connectivity index (χ3n) is 4.57. The molecule has 0 radical (unpaired) electrons. The van der Waals surface area contributed by atoms with Crippen molar-refractivity contribution in [3.8, 4) is 5.69 Å². The van der Waals surface area contributed by atoms with E-state index in [1.165, 1.54) is 48.5 Å². The van der Waals surface area contributed by atoms with Gasteiger partial charge in [-0.1, -0.05) is 41.4 Å². The Morgan fingerprint density at radius 1 is 0.828 bits per heavy atom. The van der Waals surface area contributed by atoms with E-state index in [1.54, 1.807) is 24.3 Å². The maximum Gasteiger partial charge on any atom is 0.350 e. The van der Waals surface area contributed by atoms with Crippen molar-refractivity contribution < 1.29 is 8.42 Å². The maximum atomic E-state index is 13.4. The van der Waals surface area contributed by atoms with Crippen molar-refractivity contribution >= 4 is 32.5 Å². The third kappa shape index (κ3) is 3.18. The molecule has 0 bridgehead atoms. The summed E-state index contributed by atoms with van der Waals surface area (Å²) in [6.07, 6.45) is 0. The van der Waals surface area contributed by atoms with Gasteiger partial charge in [-0.3, -0.25) is 4.79 Å². The summed E-state index contributed by atoms with van der Waals surface area (Å²) in [4.78, 5) is 26.3. The van der Waals surface area contributed by atoms with Crippen molar-refractivity contribution in [2.24, 2.45) is 0 Å². The predicted octanol–water partition coefficient (Wildman–Crippen LogP) is 3.35. The second-order valence-corrected chi connectivity index (χ2v) is 8.72. The highest BCUT2D eigenvalue weighted by atomic mass is 35.5. The van der Waals surface area contributed by atoms with Gasteiger partial charge in [0, 0.05) is 5.02 Å². The lowest BCUT2D eigenvalue weighted by atomic mass is 10.2. The van der Waals surface area contributed by atoms with E-state index in [0.29, 0.717) is 9.00 Å². The van der Waals surface area contributed by atoms with Gasteiger partial charge in [0.2, 0.25) is 0 Å². The molecule has 0 aliphatic carbocycles. The Kier molecular flexibility index (Phi) is 4.64. The predicted molar refractivity (Wildman–Crippen MR) is 113 cm³/mol. The van der Waals surface area contributed by atoms with Crippen LogP contribution in [0.5, 0.6) is 0 Å². The highest BCUT2D eigenvalue weighted by molar-refractivity contribution is 7.90. The SMILES string of the molecule is Cc1ccc(S(=O)(=O)n2c(=O)n(-c3ccc(Cl)cc3)c(=O)c3ccccc32)cc1. The highest BCUT2D eigenvalue weighted by Crippen LogP contribution is 2.19. The summed E-state index contributed by atoms with van der Waals surface area (Å²) in [6, 6.07) is 18.3.